The molecule has 12 heteroatoms. The normalized spacial score (nSPS) is 17.3. The predicted octanol–water partition coefficient (Wildman–Crippen LogP) is 6.56. The van der Waals surface area contributed by atoms with E-state index in [-0.39, 0.29) is 41.1 Å². The smallest absolute Gasteiger partial charge is 0.355 e. The molecule has 0 spiro atoms. The van der Waals surface area contributed by atoms with Gasteiger partial charge in [-0.15, -0.1) is 0 Å². The molecular formula is C32H25F6N3O3. The molecule has 0 saturated heterocycles. The Kier molecular flexibility index (Phi) is 8.99. The maximum absolute atomic E-state index is 14.1. The summed E-state index contributed by atoms with van der Waals surface area (Å²) in [7, 11) is 0. The summed E-state index contributed by atoms with van der Waals surface area (Å²) in [5.74, 6) is -5.12. The van der Waals surface area contributed by atoms with Crippen LogP contribution in [0.5, 0.6) is 0 Å². The van der Waals surface area contributed by atoms with Gasteiger partial charge in [-0.05, 0) is 67.8 Å². The number of ketones is 1. The molecule has 4 rings (SSSR count). The van der Waals surface area contributed by atoms with E-state index in [1.54, 1.807) is 0 Å². The maximum atomic E-state index is 14.1. The van der Waals surface area contributed by atoms with Gasteiger partial charge in [0.1, 0.15) is 5.92 Å². The molecule has 0 radical (unpaired) electrons. The van der Waals surface area contributed by atoms with Crippen molar-refractivity contribution in [1.82, 2.24) is 5.32 Å². The fourth-order valence-corrected chi connectivity index (χ4v) is 5.31. The van der Waals surface area contributed by atoms with Crippen LogP contribution in [0.2, 0.25) is 0 Å². The lowest BCUT2D eigenvalue weighted by Gasteiger charge is -2.39. The van der Waals surface area contributed by atoms with Gasteiger partial charge in [-0.25, -0.2) is 0 Å². The van der Waals surface area contributed by atoms with Crippen LogP contribution in [0.1, 0.15) is 47.6 Å². The second kappa shape index (κ2) is 12.4. The van der Waals surface area contributed by atoms with E-state index in [2.05, 4.69) is 5.32 Å². The number of hydrogen-bond acceptors (Lipinski definition) is 4. The second-order valence-corrected chi connectivity index (χ2v) is 10.2. The SMILES string of the molecule is CC(=O)C1=C(C)N(c2cccc(C(F)(F)F)c2)C(=O)C(C(=O)NCCc2cccc(C(F)(F)F)c2)C1c1ccc(C#N)cc1. The molecule has 2 amide bonds. The lowest BCUT2D eigenvalue weighted by molar-refractivity contribution is -0.138. The number of carbonyl (C=O) groups is 3. The lowest BCUT2D eigenvalue weighted by Crippen LogP contribution is -2.51. The molecule has 3 aromatic rings. The van der Waals surface area contributed by atoms with Crippen LogP contribution in [0.4, 0.5) is 32.0 Å². The summed E-state index contributed by atoms with van der Waals surface area (Å²) >= 11 is 0. The highest BCUT2D eigenvalue weighted by Crippen LogP contribution is 2.43. The van der Waals surface area contributed by atoms with Crippen molar-refractivity contribution in [1.29, 1.82) is 5.26 Å². The number of alkyl halides is 6. The largest absolute Gasteiger partial charge is 0.416 e. The Morgan fingerprint density at radius 3 is 2.07 bits per heavy atom. The molecule has 0 saturated carbocycles. The summed E-state index contributed by atoms with van der Waals surface area (Å²) < 4.78 is 80.0. The molecule has 228 valence electrons. The van der Waals surface area contributed by atoms with Crippen molar-refractivity contribution < 1.29 is 40.7 Å². The zero-order chi connectivity index (χ0) is 32.4. The van der Waals surface area contributed by atoms with Crippen molar-refractivity contribution in [2.75, 3.05) is 11.4 Å². The molecule has 2 unspecified atom stereocenters. The third-order valence-electron chi connectivity index (χ3n) is 7.32. The average Bonchev–Trinajstić information content (AvgIpc) is 2.96. The van der Waals surface area contributed by atoms with E-state index in [1.165, 1.54) is 56.3 Å². The van der Waals surface area contributed by atoms with Gasteiger partial charge < -0.3 is 5.32 Å². The van der Waals surface area contributed by atoms with E-state index in [0.29, 0.717) is 5.56 Å². The lowest BCUT2D eigenvalue weighted by atomic mass is 9.74. The first-order valence-electron chi connectivity index (χ1n) is 13.3. The summed E-state index contributed by atoms with van der Waals surface area (Å²) in [5.41, 5.74) is -1.21. The fourth-order valence-electron chi connectivity index (χ4n) is 5.31. The summed E-state index contributed by atoms with van der Waals surface area (Å²) in [5, 5.41) is 11.8. The Morgan fingerprint density at radius 1 is 0.909 bits per heavy atom. The molecule has 0 bridgehead atoms. The number of halogens is 6. The Hall–Kier alpha value is -4.92. The Labute approximate surface area is 248 Å². The highest BCUT2D eigenvalue weighted by Gasteiger charge is 2.47. The molecule has 0 aliphatic carbocycles. The van der Waals surface area contributed by atoms with Crippen molar-refractivity contribution >= 4 is 23.3 Å². The third-order valence-corrected chi connectivity index (χ3v) is 7.32. The number of nitrogens with zero attached hydrogens (tertiary/aromatic N) is 2. The molecule has 3 aromatic carbocycles. The standard InChI is InChI=1S/C32H25F6N3O3/c1-18-26(19(2)42)27(22-11-9-21(17-39)10-12-22)28(30(44)41(18)25-8-4-7-24(16-25)32(36,37)38)29(43)40-14-13-20-5-3-6-23(15-20)31(33,34)35/h3-12,15-16,27-28H,13-14H2,1-2H3,(H,40,43). The number of nitriles is 1. The van der Waals surface area contributed by atoms with Crippen molar-refractivity contribution in [2.24, 2.45) is 5.92 Å². The van der Waals surface area contributed by atoms with E-state index in [9.17, 15) is 46.0 Å². The monoisotopic (exact) mass is 613 g/mol. The van der Waals surface area contributed by atoms with E-state index in [4.69, 9.17) is 0 Å². The third kappa shape index (κ3) is 6.67. The number of anilines is 1. The van der Waals surface area contributed by atoms with Crippen LogP contribution < -0.4 is 10.2 Å². The van der Waals surface area contributed by atoms with Gasteiger partial charge in [0, 0.05) is 29.4 Å². The number of benzene rings is 3. The first-order valence-corrected chi connectivity index (χ1v) is 13.3. The van der Waals surface area contributed by atoms with E-state index in [1.807, 2.05) is 6.07 Å². The summed E-state index contributed by atoms with van der Waals surface area (Å²) in [4.78, 5) is 41.7. The van der Waals surface area contributed by atoms with Crippen LogP contribution in [0.25, 0.3) is 0 Å². The maximum Gasteiger partial charge on any atom is 0.416 e. The molecule has 6 nitrogen and oxygen atoms in total. The first-order chi connectivity index (χ1) is 20.6. The minimum atomic E-state index is -4.74. The number of Topliss-reactive ketones (excluding diaryl/α,β-unsaturated/α-hetero) is 1. The van der Waals surface area contributed by atoms with Gasteiger partial charge in [-0.1, -0.05) is 36.4 Å². The van der Waals surface area contributed by atoms with Crippen LogP contribution in [-0.2, 0) is 33.2 Å². The summed E-state index contributed by atoms with van der Waals surface area (Å²) in [6.45, 7) is 2.43. The van der Waals surface area contributed by atoms with E-state index < -0.39 is 52.9 Å². The van der Waals surface area contributed by atoms with Gasteiger partial charge in [0.05, 0.1) is 22.8 Å². The highest BCUT2D eigenvalue weighted by atomic mass is 19.4. The predicted molar refractivity (Wildman–Crippen MR) is 148 cm³/mol. The van der Waals surface area contributed by atoms with Crippen LogP contribution in [0.3, 0.4) is 0 Å². The number of rotatable bonds is 7. The van der Waals surface area contributed by atoms with Crippen LogP contribution in [0, 0.1) is 17.2 Å². The zero-order valence-electron chi connectivity index (χ0n) is 23.4. The quantitative estimate of drug-likeness (QED) is 0.241. The van der Waals surface area contributed by atoms with E-state index >= 15 is 0 Å². The zero-order valence-corrected chi connectivity index (χ0v) is 23.4. The Balaban J connectivity index is 1.76. The molecule has 1 heterocycles. The minimum absolute atomic E-state index is 0.00440. The van der Waals surface area contributed by atoms with Gasteiger partial charge >= 0.3 is 12.4 Å². The van der Waals surface area contributed by atoms with E-state index in [0.717, 1.165) is 35.2 Å². The van der Waals surface area contributed by atoms with Crippen molar-refractivity contribution in [3.63, 3.8) is 0 Å². The van der Waals surface area contributed by atoms with Crippen molar-refractivity contribution in [3.05, 3.63) is 112 Å². The topological polar surface area (TPSA) is 90.3 Å². The van der Waals surface area contributed by atoms with Crippen LogP contribution in [0.15, 0.2) is 84.1 Å². The number of allylic oxidation sites excluding steroid dienone is 2. The van der Waals surface area contributed by atoms with Gasteiger partial charge in [0.2, 0.25) is 11.8 Å². The Bertz CT molecular complexity index is 1670. The van der Waals surface area contributed by atoms with Gasteiger partial charge in [0.25, 0.3) is 0 Å². The van der Waals surface area contributed by atoms with Crippen molar-refractivity contribution in [3.8, 4) is 6.07 Å². The van der Waals surface area contributed by atoms with Crippen LogP contribution in [-0.4, -0.2) is 24.1 Å². The minimum Gasteiger partial charge on any atom is -0.355 e. The average molecular weight is 614 g/mol. The van der Waals surface area contributed by atoms with Crippen LogP contribution >= 0.6 is 0 Å². The summed E-state index contributed by atoms with van der Waals surface area (Å²) in [6, 6.07) is 16.2. The number of amides is 2. The Morgan fingerprint density at radius 2 is 1.50 bits per heavy atom. The van der Waals surface area contributed by atoms with Crippen molar-refractivity contribution in [2.45, 2.75) is 38.5 Å². The summed E-state index contributed by atoms with van der Waals surface area (Å²) in [6.07, 6.45) is -9.33. The molecular weight excluding hydrogens is 588 g/mol. The molecule has 1 N–H and O–H groups in total. The fraction of sp³-hybridized carbons (Fsp3) is 0.250. The molecule has 1 aliphatic rings. The molecule has 2 atom stereocenters. The number of nitrogens with one attached hydrogen (secondary N) is 1. The van der Waals surface area contributed by atoms with Gasteiger partial charge in [-0.3, -0.25) is 19.3 Å². The van der Waals surface area contributed by atoms with Gasteiger partial charge in [0.15, 0.2) is 5.78 Å². The molecule has 1 aliphatic heterocycles. The van der Waals surface area contributed by atoms with Gasteiger partial charge in [-0.2, -0.15) is 31.6 Å². The molecule has 0 fully saturated rings. The highest BCUT2D eigenvalue weighted by molar-refractivity contribution is 6.15. The molecule has 0 aromatic heterocycles. The first kappa shape index (κ1) is 32.0. The second-order valence-electron chi connectivity index (χ2n) is 10.2. The molecule has 44 heavy (non-hydrogen) atoms. The number of carbonyl (C=O) groups excluding carboxylic acids is 3. The number of hydrogen-bond donors (Lipinski definition) is 1.